The molecule has 0 amide bonds. The van der Waals surface area contributed by atoms with E-state index in [9.17, 15) is 9.59 Å². The molecule has 0 unspecified atom stereocenters. The van der Waals surface area contributed by atoms with Gasteiger partial charge in [-0.3, -0.25) is 9.59 Å². The van der Waals surface area contributed by atoms with Gasteiger partial charge in [-0.2, -0.15) is 0 Å². The molecule has 5 nitrogen and oxygen atoms in total. The zero-order valence-corrected chi connectivity index (χ0v) is 18.6. The summed E-state index contributed by atoms with van der Waals surface area (Å²) in [4.78, 5) is 28.9. The van der Waals surface area contributed by atoms with E-state index in [-0.39, 0.29) is 17.7 Å². The maximum Gasteiger partial charge on any atom is 0.305 e. The quantitative estimate of drug-likeness (QED) is 0.329. The van der Waals surface area contributed by atoms with Gasteiger partial charge < -0.3 is 9.15 Å². The number of hydrogen-bond donors (Lipinski definition) is 0. The highest BCUT2D eigenvalue weighted by atomic mass is 16.5. The molecule has 0 N–H and O–H groups in total. The van der Waals surface area contributed by atoms with Crippen LogP contribution in [0, 0.1) is 6.92 Å². The Hall–Kier alpha value is -3.21. The first kappa shape index (κ1) is 22.5. The predicted octanol–water partition coefficient (Wildman–Crippen LogP) is 5.69. The van der Waals surface area contributed by atoms with Gasteiger partial charge in [0.05, 0.1) is 12.8 Å². The lowest BCUT2D eigenvalue weighted by atomic mass is 9.97. The number of rotatable bonds is 9. The first-order valence-electron chi connectivity index (χ1n) is 10.6. The fourth-order valence-corrected chi connectivity index (χ4v) is 3.56. The Bertz CT molecular complexity index is 1050. The molecule has 0 saturated carbocycles. The third kappa shape index (κ3) is 5.69. The van der Waals surface area contributed by atoms with Crippen LogP contribution >= 0.6 is 0 Å². The van der Waals surface area contributed by atoms with Crippen LogP contribution in [-0.4, -0.2) is 23.8 Å². The number of ketones is 1. The Morgan fingerprint density at radius 2 is 1.77 bits per heavy atom. The van der Waals surface area contributed by atoms with Gasteiger partial charge in [0, 0.05) is 36.3 Å². The molecule has 0 saturated heterocycles. The van der Waals surface area contributed by atoms with Crippen LogP contribution < -0.4 is 0 Å². The van der Waals surface area contributed by atoms with Crippen molar-refractivity contribution >= 4 is 11.8 Å². The van der Waals surface area contributed by atoms with E-state index in [2.05, 4.69) is 18.8 Å². The molecule has 5 heteroatoms. The van der Waals surface area contributed by atoms with Gasteiger partial charge in [-0.15, -0.1) is 0 Å². The first-order valence-corrected chi connectivity index (χ1v) is 10.6. The average Bonchev–Trinajstić information content (AvgIpc) is 3.21. The fourth-order valence-electron chi connectivity index (χ4n) is 3.56. The van der Waals surface area contributed by atoms with E-state index in [1.807, 2.05) is 55.5 Å². The van der Waals surface area contributed by atoms with Crippen LogP contribution in [0.4, 0.5) is 0 Å². The number of carbonyl (C=O) groups excluding carboxylic acids is 2. The van der Waals surface area contributed by atoms with Gasteiger partial charge >= 0.3 is 5.97 Å². The van der Waals surface area contributed by atoms with Crippen LogP contribution in [0.3, 0.4) is 0 Å². The number of hydrogen-bond acceptors (Lipinski definition) is 5. The maximum atomic E-state index is 12.8. The van der Waals surface area contributed by atoms with Gasteiger partial charge in [-0.25, -0.2) is 4.98 Å². The zero-order chi connectivity index (χ0) is 22.4. The number of benzene rings is 2. The van der Waals surface area contributed by atoms with Crippen molar-refractivity contribution in [3.63, 3.8) is 0 Å². The van der Waals surface area contributed by atoms with Gasteiger partial charge in [0.15, 0.2) is 5.78 Å². The van der Waals surface area contributed by atoms with Gasteiger partial charge in [-0.05, 0) is 42.7 Å². The van der Waals surface area contributed by atoms with Crippen LogP contribution in [0.2, 0.25) is 0 Å². The average molecular weight is 420 g/mol. The molecule has 0 aliphatic carbocycles. The summed E-state index contributed by atoms with van der Waals surface area (Å²) in [5, 5.41) is 0. The van der Waals surface area contributed by atoms with Crippen molar-refractivity contribution in [1.82, 2.24) is 4.98 Å². The molecular formula is C26H29NO4. The second-order valence-electron chi connectivity index (χ2n) is 7.99. The molecule has 1 heterocycles. The first-order chi connectivity index (χ1) is 14.9. The number of oxazole rings is 1. The summed E-state index contributed by atoms with van der Waals surface area (Å²) in [6.45, 7) is 6.10. The van der Waals surface area contributed by atoms with E-state index >= 15 is 0 Å². The number of methoxy groups -OCH3 is 1. The topological polar surface area (TPSA) is 69.4 Å². The summed E-state index contributed by atoms with van der Waals surface area (Å²) >= 11 is 0. The van der Waals surface area contributed by atoms with Crippen LogP contribution in [0.1, 0.15) is 65.5 Å². The molecule has 2 aromatic carbocycles. The Morgan fingerprint density at radius 3 is 2.42 bits per heavy atom. The normalized spacial score (nSPS) is 11.0. The number of Topliss-reactive ketones (excluding diaryl/α,β-unsaturated/α-hetero) is 1. The highest BCUT2D eigenvalue weighted by Gasteiger charge is 2.19. The predicted molar refractivity (Wildman–Crippen MR) is 120 cm³/mol. The van der Waals surface area contributed by atoms with Crippen LogP contribution in [0.5, 0.6) is 0 Å². The van der Waals surface area contributed by atoms with Crippen molar-refractivity contribution in [2.24, 2.45) is 0 Å². The summed E-state index contributed by atoms with van der Waals surface area (Å²) in [6, 6.07) is 15.5. The highest BCUT2D eigenvalue weighted by molar-refractivity contribution is 5.96. The Morgan fingerprint density at radius 1 is 1.03 bits per heavy atom. The van der Waals surface area contributed by atoms with Crippen molar-refractivity contribution in [2.45, 2.75) is 52.4 Å². The number of aromatic nitrogens is 1. The minimum Gasteiger partial charge on any atom is -0.469 e. The number of esters is 1. The maximum absolute atomic E-state index is 12.8. The van der Waals surface area contributed by atoms with Crippen LogP contribution in [0.15, 0.2) is 52.9 Å². The second kappa shape index (κ2) is 10.2. The van der Waals surface area contributed by atoms with Crippen LogP contribution in [0.25, 0.3) is 11.5 Å². The molecule has 1 aromatic heterocycles. The Balaban J connectivity index is 1.70. The third-order valence-electron chi connectivity index (χ3n) is 5.35. The van der Waals surface area contributed by atoms with Gasteiger partial charge in [-0.1, -0.05) is 44.2 Å². The summed E-state index contributed by atoms with van der Waals surface area (Å²) in [6.07, 6.45) is 1.83. The molecule has 162 valence electrons. The van der Waals surface area contributed by atoms with Crippen molar-refractivity contribution < 1.29 is 18.7 Å². The summed E-state index contributed by atoms with van der Waals surface area (Å²) in [5.74, 6) is 1.45. The van der Waals surface area contributed by atoms with Crippen molar-refractivity contribution in [2.75, 3.05) is 7.11 Å². The molecule has 0 bridgehead atoms. The minimum atomic E-state index is -0.233. The number of aryl methyl sites for hydroxylation is 3. The highest BCUT2D eigenvalue weighted by Crippen LogP contribution is 2.28. The molecule has 3 aromatic rings. The van der Waals surface area contributed by atoms with Crippen molar-refractivity contribution in [3.8, 4) is 11.5 Å². The van der Waals surface area contributed by atoms with Gasteiger partial charge in [0.2, 0.25) is 5.89 Å². The lowest BCUT2D eigenvalue weighted by Crippen LogP contribution is -2.06. The Labute approximate surface area is 183 Å². The summed E-state index contributed by atoms with van der Waals surface area (Å²) in [7, 11) is 1.39. The van der Waals surface area contributed by atoms with E-state index in [1.165, 1.54) is 7.11 Å². The summed E-state index contributed by atoms with van der Waals surface area (Å²) in [5.41, 5.74) is 4.50. The van der Waals surface area contributed by atoms with Crippen LogP contribution in [-0.2, 0) is 22.4 Å². The van der Waals surface area contributed by atoms with E-state index in [1.54, 1.807) is 0 Å². The number of ether oxygens (including phenoxy) is 1. The SMILES string of the molecule is COC(=O)CCc1ccc(C(=O)CCc2nc(-c3ccccc3)oc2C(C)C)cc1C. The molecular weight excluding hydrogens is 390 g/mol. The van der Waals surface area contributed by atoms with Crippen molar-refractivity contribution in [1.29, 1.82) is 0 Å². The molecule has 0 aliphatic rings. The van der Waals surface area contributed by atoms with E-state index in [4.69, 9.17) is 9.15 Å². The monoisotopic (exact) mass is 419 g/mol. The van der Waals surface area contributed by atoms with E-state index < -0.39 is 0 Å². The smallest absolute Gasteiger partial charge is 0.305 e. The molecule has 0 fully saturated rings. The lowest BCUT2D eigenvalue weighted by Gasteiger charge is -2.08. The standard InChI is InChI=1S/C26H29NO4/c1-17(2)25-22(27-26(31-25)20-8-6-5-7-9-20)13-14-23(28)21-11-10-19(18(3)16-21)12-15-24(29)30-4/h5-11,16-17H,12-15H2,1-4H3. The fraction of sp³-hybridized carbons (Fsp3) is 0.346. The molecule has 0 atom stereocenters. The molecule has 3 rings (SSSR count). The largest absolute Gasteiger partial charge is 0.469 e. The lowest BCUT2D eigenvalue weighted by molar-refractivity contribution is -0.140. The molecule has 0 spiro atoms. The molecule has 0 radical (unpaired) electrons. The third-order valence-corrected chi connectivity index (χ3v) is 5.35. The molecule has 31 heavy (non-hydrogen) atoms. The minimum absolute atomic E-state index is 0.0709. The van der Waals surface area contributed by atoms with E-state index in [0.29, 0.717) is 37.1 Å². The zero-order valence-electron chi connectivity index (χ0n) is 18.6. The number of carbonyl (C=O) groups is 2. The van der Waals surface area contributed by atoms with Gasteiger partial charge in [0.25, 0.3) is 0 Å². The van der Waals surface area contributed by atoms with E-state index in [0.717, 1.165) is 28.1 Å². The summed E-state index contributed by atoms with van der Waals surface area (Å²) < 4.78 is 10.7. The second-order valence-corrected chi connectivity index (χ2v) is 7.99. The van der Waals surface area contributed by atoms with Gasteiger partial charge in [0.1, 0.15) is 5.76 Å². The Kier molecular flexibility index (Phi) is 7.40. The van der Waals surface area contributed by atoms with Crippen molar-refractivity contribution in [3.05, 3.63) is 76.7 Å². The molecule has 0 aliphatic heterocycles. The number of nitrogens with zero attached hydrogens (tertiary/aromatic N) is 1.